The summed E-state index contributed by atoms with van der Waals surface area (Å²) >= 11 is 0. The molecule has 0 saturated carbocycles. The molecule has 0 saturated heterocycles. The number of hydrogen-bond acceptors (Lipinski definition) is 2. The summed E-state index contributed by atoms with van der Waals surface area (Å²) in [5.41, 5.74) is 8.64. The van der Waals surface area contributed by atoms with Crippen molar-refractivity contribution in [2.75, 3.05) is 0 Å². The fourth-order valence-electron chi connectivity index (χ4n) is 9.48. The van der Waals surface area contributed by atoms with Gasteiger partial charge in [0.25, 0.3) is 6.33 Å². The van der Waals surface area contributed by atoms with Crippen LogP contribution in [0.1, 0.15) is 63.6 Å². The second-order valence-electron chi connectivity index (χ2n) is 19.1. The largest absolute Gasteiger partial charge is 0.510 e. The molecule has 8 aromatic carbocycles. The molecule has 0 bridgehead atoms. The van der Waals surface area contributed by atoms with Crippen molar-refractivity contribution in [3.05, 3.63) is 212 Å². The Labute approximate surface area is 423 Å². The van der Waals surface area contributed by atoms with Crippen molar-refractivity contribution in [3.8, 4) is 73.2 Å². The van der Waals surface area contributed by atoms with Crippen LogP contribution in [-0.2, 0) is 31.9 Å². The van der Waals surface area contributed by atoms with Crippen LogP contribution in [-0.4, -0.2) is 14.1 Å². The van der Waals surface area contributed by atoms with Crippen molar-refractivity contribution in [1.29, 1.82) is 0 Å². The quantitative estimate of drug-likeness (QED) is 0.127. The third-order valence-electron chi connectivity index (χ3n) is 12.7. The van der Waals surface area contributed by atoms with Gasteiger partial charge in [0.05, 0.1) is 27.7 Å². The van der Waals surface area contributed by atoms with E-state index in [1.54, 1.807) is 12.1 Å². The Hall–Kier alpha value is -7.33. The minimum Gasteiger partial charge on any atom is -0.510 e. The molecule has 68 heavy (non-hydrogen) atoms. The van der Waals surface area contributed by atoms with Crippen LogP contribution >= 0.6 is 0 Å². The molecule has 11 aromatic rings. The van der Waals surface area contributed by atoms with E-state index in [2.05, 4.69) is 113 Å². The van der Waals surface area contributed by atoms with E-state index in [0.29, 0.717) is 45.0 Å². The van der Waals surface area contributed by atoms with Crippen molar-refractivity contribution >= 4 is 32.8 Å². The summed E-state index contributed by atoms with van der Waals surface area (Å²) in [6.07, 6.45) is 5.48. The Morgan fingerprint density at radius 1 is 0.574 bits per heavy atom. The molecule has 1 aliphatic heterocycles. The van der Waals surface area contributed by atoms with Gasteiger partial charge in [-0.05, 0) is 95.7 Å². The number of rotatable bonds is 5. The van der Waals surface area contributed by atoms with Crippen LogP contribution in [0.5, 0.6) is 11.5 Å². The van der Waals surface area contributed by atoms with Gasteiger partial charge in [0.15, 0.2) is 0 Å². The first-order valence-electron chi connectivity index (χ1n) is 26.4. The molecule has 0 fully saturated rings. The zero-order chi connectivity index (χ0) is 52.6. The average molecular weight is 1070 g/mol. The van der Waals surface area contributed by atoms with E-state index in [0.717, 1.165) is 49.9 Å². The monoisotopic (exact) mass is 1070 g/mol. The van der Waals surface area contributed by atoms with Crippen LogP contribution < -0.4 is 9.30 Å². The van der Waals surface area contributed by atoms with Gasteiger partial charge < -0.3 is 13.9 Å². The topological polar surface area (TPSA) is 35.9 Å². The molecule has 0 spiro atoms. The van der Waals surface area contributed by atoms with Crippen molar-refractivity contribution in [3.63, 3.8) is 0 Å². The maximum Gasteiger partial charge on any atom is 0.268 e. The standard InChI is InChI=1S/C62H48N4O.Pt/c1-61(2,3)42-33-34-63-58(36-42)66-55-32-29-41(40-17-8-7-9-18-40)35-53(55)50-31-30-45(38-57(50)66)67-44-20-14-19-43(37-44)64-39-65-59-51(25-15-27-54(59)62(4,5)6)48-23-12-10-21-46(48)47-22-11-13-24-49(47)52-26-16-28-56(64)60(52)65;/h7-36H,1-6H3;/q-2;/i10D,11D,12D,13D,21D,22D,23D,24D;. The van der Waals surface area contributed by atoms with Crippen molar-refractivity contribution in [2.24, 2.45) is 0 Å². The number of ether oxygens (including phenoxy) is 1. The third kappa shape index (κ3) is 7.20. The Morgan fingerprint density at radius 2 is 1.25 bits per heavy atom. The smallest absolute Gasteiger partial charge is 0.268 e. The Kier molecular flexibility index (Phi) is 8.45. The van der Waals surface area contributed by atoms with Gasteiger partial charge >= 0.3 is 0 Å². The Morgan fingerprint density at radius 3 is 1.99 bits per heavy atom. The van der Waals surface area contributed by atoms with E-state index in [-0.39, 0.29) is 60.8 Å². The molecule has 12 rings (SSSR count). The fourth-order valence-corrected chi connectivity index (χ4v) is 9.48. The van der Waals surface area contributed by atoms with E-state index in [9.17, 15) is 5.48 Å². The van der Waals surface area contributed by atoms with Crippen LogP contribution in [0.4, 0.5) is 0 Å². The number of aromatic nitrogens is 4. The van der Waals surface area contributed by atoms with Gasteiger partial charge in [-0.15, -0.1) is 29.7 Å². The van der Waals surface area contributed by atoms with E-state index >= 15 is 0 Å². The first-order valence-corrected chi connectivity index (χ1v) is 22.4. The molecule has 4 heterocycles. The number of imidazole rings is 1. The molecule has 334 valence electrons. The van der Waals surface area contributed by atoms with Crippen molar-refractivity contribution in [2.45, 2.75) is 52.4 Å². The maximum atomic E-state index is 9.51. The number of para-hydroxylation sites is 2. The minimum atomic E-state index is -0.523. The van der Waals surface area contributed by atoms with E-state index in [1.807, 2.05) is 82.1 Å². The molecule has 0 aliphatic carbocycles. The fraction of sp³-hybridized carbons (Fsp3) is 0.129. The molecule has 0 radical (unpaired) electrons. The normalized spacial score (nSPS) is 13.8. The zero-order valence-electron chi connectivity index (χ0n) is 46.2. The molecule has 0 N–H and O–H groups in total. The number of pyridine rings is 1. The van der Waals surface area contributed by atoms with E-state index < -0.39 is 41.7 Å². The van der Waals surface area contributed by atoms with Gasteiger partial charge in [-0.25, -0.2) is 4.98 Å². The van der Waals surface area contributed by atoms with Crippen LogP contribution in [0.25, 0.3) is 94.5 Å². The third-order valence-corrected chi connectivity index (χ3v) is 12.7. The summed E-state index contributed by atoms with van der Waals surface area (Å²) in [6.45, 7) is 12.8. The summed E-state index contributed by atoms with van der Waals surface area (Å²) in [6, 6.07) is 45.4. The Bertz CT molecular complexity index is 4230. The predicted octanol–water partition coefficient (Wildman–Crippen LogP) is 15.2. The molecule has 1 aliphatic rings. The summed E-state index contributed by atoms with van der Waals surface area (Å²) in [7, 11) is 0. The minimum absolute atomic E-state index is 0. The first-order chi connectivity index (χ1) is 35.8. The SMILES string of the molecule is [2H]c1c([2H])c([2H])c2c(c1[2H])-c1cccc(C(C)(C)C)c1-[n+]1[c-]n(-c3[c-]c(Oc4[c-]c5c(cc4)c4cc(-c6ccccc6)ccc4n5-c4cc(C(C)(C)C)ccn4)ccc3)c3cccc(c31)-c1c([2H])c([2H])c([2H])c([2H])c1-2.[Pt]. The number of hydrogen-bond donors (Lipinski definition) is 0. The molecule has 0 unspecified atom stereocenters. The molecule has 0 atom stereocenters. The van der Waals surface area contributed by atoms with Crippen LogP contribution in [0.3, 0.4) is 0 Å². The summed E-state index contributed by atoms with van der Waals surface area (Å²) < 4.78 is 86.0. The molecular weight excluding hydrogens is 1010 g/mol. The predicted molar refractivity (Wildman–Crippen MR) is 273 cm³/mol. The van der Waals surface area contributed by atoms with Crippen LogP contribution in [0, 0.1) is 18.5 Å². The van der Waals surface area contributed by atoms with E-state index in [4.69, 9.17) is 15.2 Å². The second-order valence-corrected chi connectivity index (χ2v) is 19.1. The van der Waals surface area contributed by atoms with Crippen molar-refractivity contribution in [1.82, 2.24) is 14.1 Å². The Balaban J connectivity index is 0.00000616. The van der Waals surface area contributed by atoms with Gasteiger partial charge in [-0.2, -0.15) is 18.2 Å². The number of nitrogens with zero attached hydrogens (tertiary/aromatic N) is 4. The number of benzene rings is 8. The molecule has 5 nitrogen and oxygen atoms in total. The zero-order valence-corrected chi connectivity index (χ0v) is 40.5. The average Bonchev–Trinajstić information content (AvgIpc) is 3.96. The van der Waals surface area contributed by atoms with Gasteiger partial charge in [-0.1, -0.05) is 174 Å². The summed E-state index contributed by atoms with van der Waals surface area (Å²) in [5.74, 6) is 1.61. The molecule has 0 amide bonds. The second kappa shape index (κ2) is 16.5. The molecule has 6 heteroatoms. The van der Waals surface area contributed by atoms with Gasteiger partial charge in [0.1, 0.15) is 5.82 Å². The van der Waals surface area contributed by atoms with Gasteiger partial charge in [0, 0.05) is 44.3 Å². The maximum absolute atomic E-state index is 9.51. The van der Waals surface area contributed by atoms with E-state index in [1.165, 1.54) is 0 Å². The van der Waals surface area contributed by atoms with Gasteiger partial charge in [-0.3, -0.25) is 4.57 Å². The summed E-state index contributed by atoms with van der Waals surface area (Å²) in [4.78, 5) is 4.90. The van der Waals surface area contributed by atoms with Crippen LogP contribution in [0.15, 0.2) is 182 Å². The van der Waals surface area contributed by atoms with Gasteiger partial charge in [0.2, 0.25) is 0 Å². The summed E-state index contributed by atoms with van der Waals surface area (Å²) in [5, 5.41) is 2.03. The van der Waals surface area contributed by atoms with Crippen molar-refractivity contribution < 1.29 is 41.3 Å². The van der Waals surface area contributed by atoms with Crippen LogP contribution in [0.2, 0.25) is 0 Å². The molecule has 3 aromatic heterocycles. The first kappa shape index (κ1) is 34.9. The molecular formula is C62H48N4OPt-2. The number of fused-ring (bicyclic) bond motifs is 10.